The van der Waals surface area contributed by atoms with Crippen molar-refractivity contribution in [3.05, 3.63) is 96.1 Å². The number of hydrogen-bond acceptors (Lipinski definition) is 3. The van der Waals surface area contributed by atoms with Gasteiger partial charge in [0, 0.05) is 31.4 Å². The van der Waals surface area contributed by atoms with Crippen LogP contribution in [0.4, 0.5) is 5.69 Å². The van der Waals surface area contributed by atoms with Gasteiger partial charge in [-0.3, -0.25) is 4.79 Å². The molecule has 0 fully saturated rings. The van der Waals surface area contributed by atoms with Gasteiger partial charge in [0.2, 0.25) is 0 Å². The largest absolute Gasteiger partial charge is 0.489 e. The maximum Gasteiger partial charge on any atom is 0.251 e. The number of hydrogen-bond donors (Lipinski definition) is 1. The van der Waals surface area contributed by atoms with E-state index in [9.17, 15) is 4.79 Å². The number of benzene rings is 3. The molecule has 0 heterocycles. The van der Waals surface area contributed by atoms with Crippen LogP contribution in [0.1, 0.15) is 22.3 Å². The first-order valence-electron chi connectivity index (χ1n) is 9.53. The summed E-state index contributed by atoms with van der Waals surface area (Å²) in [4.78, 5) is 14.6. The lowest BCUT2D eigenvalue weighted by Crippen LogP contribution is -2.28. The van der Waals surface area contributed by atoms with Crippen molar-refractivity contribution in [2.45, 2.75) is 13.0 Å². The predicted octanol–water partition coefficient (Wildman–Crippen LogP) is 4.52. The molecule has 0 aliphatic rings. The summed E-state index contributed by atoms with van der Waals surface area (Å²) >= 11 is 0. The topological polar surface area (TPSA) is 41.6 Å². The van der Waals surface area contributed by atoms with Gasteiger partial charge in [0.25, 0.3) is 5.91 Å². The summed E-state index contributed by atoms with van der Waals surface area (Å²) in [5.74, 6) is 0.618. The molecular formula is C24H26N2O2. The fourth-order valence-electron chi connectivity index (χ4n) is 2.90. The molecule has 3 aromatic carbocycles. The Kier molecular flexibility index (Phi) is 7.08. The van der Waals surface area contributed by atoms with Crippen molar-refractivity contribution in [3.8, 4) is 5.75 Å². The molecule has 0 aliphatic heterocycles. The highest BCUT2D eigenvalue weighted by molar-refractivity contribution is 5.94. The third kappa shape index (κ3) is 5.88. The highest BCUT2D eigenvalue weighted by Gasteiger charge is 2.07. The standard InChI is InChI=1S/C24H26N2O2/c1-26(22-13-6-3-7-14-22)17-9-16-25-24(27)21-12-8-15-23(18-21)28-19-20-10-4-2-5-11-20/h2-8,10-15,18H,9,16-17,19H2,1H3,(H,25,27). The van der Waals surface area contributed by atoms with E-state index in [1.54, 1.807) is 12.1 Å². The zero-order valence-electron chi connectivity index (χ0n) is 16.2. The molecule has 1 N–H and O–H groups in total. The summed E-state index contributed by atoms with van der Waals surface area (Å²) < 4.78 is 5.80. The molecule has 28 heavy (non-hydrogen) atoms. The Morgan fingerprint density at radius 3 is 2.39 bits per heavy atom. The van der Waals surface area contributed by atoms with Crippen LogP contribution in [0.2, 0.25) is 0 Å². The fraction of sp³-hybridized carbons (Fsp3) is 0.208. The van der Waals surface area contributed by atoms with E-state index in [0.29, 0.717) is 24.5 Å². The predicted molar refractivity (Wildman–Crippen MR) is 114 cm³/mol. The summed E-state index contributed by atoms with van der Waals surface area (Å²) in [5.41, 5.74) is 2.89. The molecule has 0 saturated heterocycles. The van der Waals surface area contributed by atoms with Gasteiger partial charge < -0.3 is 15.0 Å². The van der Waals surface area contributed by atoms with Crippen molar-refractivity contribution in [3.63, 3.8) is 0 Å². The molecule has 0 aliphatic carbocycles. The zero-order valence-corrected chi connectivity index (χ0v) is 16.2. The monoisotopic (exact) mass is 374 g/mol. The lowest BCUT2D eigenvalue weighted by atomic mass is 10.2. The Labute approximate surface area is 166 Å². The van der Waals surface area contributed by atoms with Gasteiger partial charge in [-0.2, -0.15) is 0 Å². The van der Waals surface area contributed by atoms with Gasteiger partial charge in [0.1, 0.15) is 12.4 Å². The number of para-hydroxylation sites is 1. The summed E-state index contributed by atoms with van der Waals surface area (Å²) in [6.45, 7) is 1.99. The van der Waals surface area contributed by atoms with Gasteiger partial charge in [-0.05, 0) is 42.3 Å². The molecule has 4 heteroatoms. The molecule has 0 saturated carbocycles. The van der Waals surface area contributed by atoms with Crippen LogP contribution in [0.5, 0.6) is 5.75 Å². The van der Waals surface area contributed by atoms with Crippen LogP contribution < -0.4 is 15.0 Å². The van der Waals surface area contributed by atoms with Gasteiger partial charge in [-0.25, -0.2) is 0 Å². The number of anilines is 1. The van der Waals surface area contributed by atoms with E-state index in [1.807, 2.05) is 60.7 Å². The van der Waals surface area contributed by atoms with Gasteiger partial charge in [-0.15, -0.1) is 0 Å². The molecule has 3 rings (SSSR count). The summed E-state index contributed by atoms with van der Waals surface area (Å²) in [6, 6.07) is 27.5. The van der Waals surface area contributed by atoms with E-state index >= 15 is 0 Å². The van der Waals surface area contributed by atoms with Gasteiger partial charge >= 0.3 is 0 Å². The average Bonchev–Trinajstić information content (AvgIpc) is 2.76. The molecule has 0 radical (unpaired) electrons. The second kappa shape index (κ2) is 10.2. The molecule has 0 bridgehead atoms. The van der Waals surface area contributed by atoms with Crippen molar-refractivity contribution in [1.82, 2.24) is 5.32 Å². The van der Waals surface area contributed by atoms with Crippen molar-refractivity contribution >= 4 is 11.6 Å². The number of carbonyl (C=O) groups excluding carboxylic acids is 1. The number of rotatable bonds is 9. The lowest BCUT2D eigenvalue weighted by Gasteiger charge is -2.19. The Hall–Kier alpha value is -3.27. The average molecular weight is 374 g/mol. The zero-order chi connectivity index (χ0) is 19.6. The molecule has 4 nitrogen and oxygen atoms in total. The van der Waals surface area contributed by atoms with E-state index in [1.165, 1.54) is 5.69 Å². The SMILES string of the molecule is CN(CCCNC(=O)c1cccc(OCc2ccccc2)c1)c1ccccc1. The quantitative estimate of drug-likeness (QED) is 0.560. The summed E-state index contributed by atoms with van der Waals surface area (Å²) in [7, 11) is 2.06. The first-order valence-corrected chi connectivity index (χ1v) is 9.53. The first-order chi connectivity index (χ1) is 13.7. The maximum atomic E-state index is 12.4. The minimum atomic E-state index is -0.0764. The van der Waals surface area contributed by atoms with Crippen LogP contribution in [0.15, 0.2) is 84.9 Å². The first kappa shape index (κ1) is 19.5. The van der Waals surface area contributed by atoms with Crippen LogP contribution in [0.3, 0.4) is 0 Å². The van der Waals surface area contributed by atoms with Crippen molar-refractivity contribution in [2.24, 2.45) is 0 Å². The number of nitrogens with one attached hydrogen (secondary N) is 1. The molecule has 0 spiro atoms. The van der Waals surface area contributed by atoms with Crippen LogP contribution in [0, 0.1) is 0 Å². The number of nitrogens with zero attached hydrogens (tertiary/aromatic N) is 1. The van der Waals surface area contributed by atoms with Crippen LogP contribution in [-0.4, -0.2) is 26.0 Å². The van der Waals surface area contributed by atoms with E-state index in [4.69, 9.17) is 4.74 Å². The van der Waals surface area contributed by atoms with Crippen molar-refractivity contribution in [2.75, 3.05) is 25.0 Å². The van der Waals surface area contributed by atoms with Crippen LogP contribution in [-0.2, 0) is 6.61 Å². The van der Waals surface area contributed by atoms with Crippen molar-refractivity contribution < 1.29 is 9.53 Å². The molecule has 0 aromatic heterocycles. The molecule has 1 amide bonds. The highest BCUT2D eigenvalue weighted by atomic mass is 16.5. The number of ether oxygens (including phenoxy) is 1. The molecule has 144 valence electrons. The minimum absolute atomic E-state index is 0.0764. The maximum absolute atomic E-state index is 12.4. The molecular weight excluding hydrogens is 348 g/mol. The minimum Gasteiger partial charge on any atom is -0.489 e. The van der Waals surface area contributed by atoms with E-state index < -0.39 is 0 Å². The number of carbonyl (C=O) groups is 1. The normalized spacial score (nSPS) is 10.3. The highest BCUT2D eigenvalue weighted by Crippen LogP contribution is 2.15. The third-order valence-electron chi connectivity index (χ3n) is 4.50. The van der Waals surface area contributed by atoms with E-state index in [0.717, 1.165) is 18.5 Å². The second-order valence-corrected chi connectivity index (χ2v) is 6.67. The van der Waals surface area contributed by atoms with Gasteiger partial charge in [0.15, 0.2) is 0 Å². The Bertz CT molecular complexity index is 866. The van der Waals surface area contributed by atoms with Gasteiger partial charge in [0.05, 0.1) is 0 Å². The third-order valence-corrected chi connectivity index (χ3v) is 4.50. The summed E-state index contributed by atoms with van der Waals surface area (Å²) in [5, 5.41) is 2.99. The summed E-state index contributed by atoms with van der Waals surface area (Å²) in [6.07, 6.45) is 0.876. The van der Waals surface area contributed by atoms with Crippen LogP contribution >= 0.6 is 0 Å². The lowest BCUT2D eigenvalue weighted by molar-refractivity contribution is 0.0953. The Morgan fingerprint density at radius 1 is 0.929 bits per heavy atom. The fourth-order valence-corrected chi connectivity index (χ4v) is 2.90. The Morgan fingerprint density at radius 2 is 1.64 bits per heavy atom. The van der Waals surface area contributed by atoms with Gasteiger partial charge in [-0.1, -0.05) is 54.6 Å². The van der Waals surface area contributed by atoms with E-state index in [2.05, 4.69) is 29.4 Å². The Balaban J connectivity index is 1.44. The molecule has 3 aromatic rings. The number of amides is 1. The van der Waals surface area contributed by atoms with Crippen molar-refractivity contribution in [1.29, 1.82) is 0 Å². The molecule has 0 unspecified atom stereocenters. The smallest absolute Gasteiger partial charge is 0.251 e. The molecule has 0 atom stereocenters. The van der Waals surface area contributed by atoms with E-state index in [-0.39, 0.29) is 5.91 Å². The van der Waals surface area contributed by atoms with Crippen LogP contribution in [0.25, 0.3) is 0 Å². The second-order valence-electron chi connectivity index (χ2n) is 6.67.